The van der Waals surface area contributed by atoms with E-state index in [9.17, 15) is 25.1 Å². The highest BCUT2D eigenvalue weighted by atomic mass is 35.5. The number of nitriles is 1. The number of amides is 1. The summed E-state index contributed by atoms with van der Waals surface area (Å²) in [5.74, 6) is -1.31. The molecule has 2 aromatic carbocycles. The third-order valence-corrected chi connectivity index (χ3v) is 9.85. The molecule has 1 unspecified atom stereocenters. The number of rotatable bonds is 8. The van der Waals surface area contributed by atoms with Gasteiger partial charge in [0.25, 0.3) is 5.91 Å². The maximum Gasteiger partial charge on any atom is 0.257 e. The van der Waals surface area contributed by atoms with Crippen LogP contribution >= 0.6 is 11.6 Å². The van der Waals surface area contributed by atoms with E-state index in [-0.39, 0.29) is 59.2 Å². The van der Waals surface area contributed by atoms with Gasteiger partial charge in [-0.25, -0.2) is 14.4 Å². The number of halogens is 2. The molecule has 2 saturated carbocycles. The molecule has 0 radical (unpaired) electrons. The second-order valence-corrected chi connectivity index (χ2v) is 12.7. The highest BCUT2D eigenvalue weighted by molar-refractivity contribution is 6.30. The van der Waals surface area contributed by atoms with Crippen molar-refractivity contribution in [3.8, 4) is 6.07 Å². The van der Waals surface area contributed by atoms with Crippen LogP contribution in [0.1, 0.15) is 96.7 Å². The number of nitrogens with zero attached hydrogens (tertiary/aromatic N) is 4. The molecule has 234 valence electrons. The number of aliphatic hydroxyl groups excluding tert-OH is 1. The zero-order valence-corrected chi connectivity index (χ0v) is 25.6. The van der Waals surface area contributed by atoms with E-state index in [0.717, 1.165) is 0 Å². The molecule has 1 aliphatic heterocycles. The van der Waals surface area contributed by atoms with Gasteiger partial charge >= 0.3 is 0 Å². The summed E-state index contributed by atoms with van der Waals surface area (Å²) in [5.41, 5.74) is -2.29. The van der Waals surface area contributed by atoms with E-state index in [1.165, 1.54) is 23.4 Å². The minimum Gasteiger partial charge on any atom is -0.393 e. The molecule has 9 nitrogen and oxygen atoms in total. The van der Waals surface area contributed by atoms with Gasteiger partial charge in [0.05, 0.1) is 41.0 Å². The van der Waals surface area contributed by atoms with Crippen LogP contribution in [0.4, 0.5) is 4.39 Å². The molecule has 6 rings (SSSR count). The van der Waals surface area contributed by atoms with Gasteiger partial charge in [0.2, 0.25) is 5.72 Å². The zero-order valence-electron chi connectivity index (χ0n) is 24.9. The van der Waals surface area contributed by atoms with Crippen molar-refractivity contribution in [2.75, 3.05) is 0 Å². The minimum atomic E-state index is -1.81. The van der Waals surface area contributed by atoms with E-state index in [4.69, 9.17) is 16.3 Å². The number of aromatic nitrogens is 2. The second-order valence-electron chi connectivity index (χ2n) is 12.2. The van der Waals surface area contributed by atoms with Crippen molar-refractivity contribution in [2.45, 2.75) is 88.4 Å². The number of carbonyl (C=O) groups excluding carboxylic acids is 2. The van der Waals surface area contributed by atoms with E-state index in [0.29, 0.717) is 49.1 Å². The molecule has 2 N–H and O–H groups in total. The first kappa shape index (κ1) is 31.2. The van der Waals surface area contributed by atoms with Gasteiger partial charge in [-0.1, -0.05) is 30.7 Å². The molecule has 45 heavy (non-hydrogen) atoms. The number of hydrogen-bond acceptors (Lipinski definition) is 8. The van der Waals surface area contributed by atoms with Gasteiger partial charge in [0.15, 0.2) is 0 Å². The van der Waals surface area contributed by atoms with Crippen LogP contribution in [0.25, 0.3) is 0 Å². The summed E-state index contributed by atoms with van der Waals surface area (Å²) < 4.78 is 23.6. The van der Waals surface area contributed by atoms with Gasteiger partial charge in [0.1, 0.15) is 23.5 Å². The summed E-state index contributed by atoms with van der Waals surface area (Å²) in [7, 11) is 0. The summed E-state index contributed by atoms with van der Waals surface area (Å²) >= 11 is 6.25. The van der Waals surface area contributed by atoms with Crippen molar-refractivity contribution in [3.05, 3.63) is 93.3 Å². The van der Waals surface area contributed by atoms with Crippen molar-refractivity contribution < 1.29 is 28.9 Å². The number of ketones is 1. The smallest absolute Gasteiger partial charge is 0.257 e. The quantitative estimate of drug-likeness (QED) is 0.342. The normalized spacial score (nSPS) is 26.0. The van der Waals surface area contributed by atoms with Crippen LogP contribution in [0.3, 0.4) is 0 Å². The van der Waals surface area contributed by atoms with Crippen LogP contribution in [0, 0.1) is 23.1 Å². The van der Waals surface area contributed by atoms with Crippen LogP contribution in [0.5, 0.6) is 0 Å². The minimum absolute atomic E-state index is 0.0132. The number of hydrogen-bond donors (Lipinski definition) is 2. The van der Waals surface area contributed by atoms with Crippen molar-refractivity contribution in [1.82, 2.24) is 14.9 Å². The van der Waals surface area contributed by atoms with Gasteiger partial charge in [0, 0.05) is 35.8 Å². The van der Waals surface area contributed by atoms with Gasteiger partial charge in [-0.15, -0.1) is 0 Å². The van der Waals surface area contributed by atoms with Gasteiger partial charge in [-0.2, -0.15) is 5.26 Å². The lowest BCUT2D eigenvalue weighted by atomic mass is 9.71. The summed E-state index contributed by atoms with van der Waals surface area (Å²) in [4.78, 5) is 36.8. The number of benzene rings is 2. The largest absolute Gasteiger partial charge is 0.393 e. The summed E-state index contributed by atoms with van der Waals surface area (Å²) in [5, 5.41) is 31.8. The molecule has 3 aliphatic rings. The molecule has 2 fully saturated rings. The fourth-order valence-electron chi connectivity index (χ4n) is 7.18. The molecule has 2 aliphatic carbocycles. The molecule has 0 saturated heterocycles. The topological polar surface area (TPSA) is 137 Å². The molecule has 0 spiro atoms. The van der Waals surface area contributed by atoms with Crippen LogP contribution < -0.4 is 0 Å². The lowest BCUT2D eigenvalue weighted by Gasteiger charge is -2.41. The second kappa shape index (κ2) is 12.2. The lowest BCUT2D eigenvalue weighted by Crippen LogP contribution is -2.48. The van der Waals surface area contributed by atoms with Crippen LogP contribution in [0.2, 0.25) is 5.02 Å². The predicted molar refractivity (Wildman–Crippen MR) is 161 cm³/mol. The summed E-state index contributed by atoms with van der Waals surface area (Å²) in [6.07, 6.45) is 4.96. The fraction of sp³-hybridized carbons (Fsp3) is 0.441. The maximum atomic E-state index is 16.9. The molecule has 0 bridgehead atoms. The molecule has 3 atom stereocenters. The van der Waals surface area contributed by atoms with Crippen molar-refractivity contribution >= 4 is 23.3 Å². The van der Waals surface area contributed by atoms with Gasteiger partial charge < -0.3 is 14.9 Å². The zero-order chi connectivity index (χ0) is 31.9. The molecule has 2 heterocycles. The number of fused-ring (bicyclic) bond motifs is 1. The summed E-state index contributed by atoms with van der Waals surface area (Å²) in [6.45, 7) is 1.63. The average molecular weight is 633 g/mol. The number of aliphatic hydroxyl groups is 2. The third kappa shape index (κ3) is 5.52. The lowest BCUT2D eigenvalue weighted by molar-refractivity contribution is -0.149. The molecular weight excluding hydrogens is 599 g/mol. The first-order chi connectivity index (χ1) is 21.6. The van der Waals surface area contributed by atoms with E-state index in [1.54, 1.807) is 30.3 Å². The molecule has 3 aromatic rings. The SMILES string of the molecule is CCC(O)(c1cc(F)c2c(c1)C(=O)N(Cc1ncc(C#N)cn1)[C@@]2(O[C@H]1CCC(=O)C1)c1ccc(Cl)cc1)[C@H]1CC[C@H](O)CC1. The number of ether oxygens (including phenoxy) is 1. The van der Waals surface area contributed by atoms with Crippen molar-refractivity contribution in [3.63, 3.8) is 0 Å². The Morgan fingerprint density at radius 2 is 1.82 bits per heavy atom. The monoisotopic (exact) mass is 632 g/mol. The molecule has 1 amide bonds. The van der Waals surface area contributed by atoms with E-state index < -0.39 is 35.3 Å². The Balaban J connectivity index is 1.54. The first-order valence-corrected chi connectivity index (χ1v) is 15.7. The Morgan fingerprint density at radius 3 is 2.42 bits per heavy atom. The Hall–Kier alpha value is -3.75. The van der Waals surface area contributed by atoms with Crippen LogP contribution in [-0.4, -0.2) is 49.0 Å². The maximum absolute atomic E-state index is 16.9. The van der Waals surface area contributed by atoms with E-state index in [1.807, 2.05) is 13.0 Å². The summed E-state index contributed by atoms with van der Waals surface area (Å²) in [6, 6.07) is 11.4. The van der Waals surface area contributed by atoms with Crippen LogP contribution in [-0.2, 0) is 27.4 Å². The van der Waals surface area contributed by atoms with Crippen molar-refractivity contribution in [1.29, 1.82) is 5.26 Å². The number of Topliss-reactive ketones (excluding diaryl/α,β-unsaturated/α-hetero) is 1. The highest BCUT2D eigenvalue weighted by Crippen LogP contribution is 2.51. The van der Waals surface area contributed by atoms with E-state index >= 15 is 4.39 Å². The van der Waals surface area contributed by atoms with E-state index in [2.05, 4.69) is 9.97 Å². The first-order valence-electron chi connectivity index (χ1n) is 15.3. The predicted octanol–water partition coefficient (Wildman–Crippen LogP) is 5.28. The standard InChI is InChI=1S/C34H34ClFN4O5/c1-2-33(44,21-5-9-25(41)10-6-21)23-13-28-31(29(36)14-23)34(22-3-7-24(35)8-4-22,45-27-12-11-26(42)15-27)40(32(28)43)19-30-38-17-20(16-37)18-39-30/h3-4,7-8,13-14,17-18,21,25,27,41,44H,2,5-6,9-12,15,19H2,1H3/t21-,25-,27-,33?,34+/m0/s1. The Labute approximate surface area is 265 Å². The van der Waals surface area contributed by atoms with Crippen LogP contribution in [0.15, 0.2) is 48.8 Å². The van der Waals surface area contributed by atoms with Crippen molar-refractivity contribution in [2.24, 2.45) is 5.92 Å². The Kier molecular flexibility index (Phi) is 8.48. The fourth-order valence-corrected chi connectivity index (χ4v) is 7.31. The average Bonchev–Trinajstić information content (AvgIpc) is 3.56. The third-order valence-electron chi connectivity index (χ3n) is 9.60. The molecule has 11 heteroatoms. The van der Waals surface area contributed by atoms with Gasteiger partial charge in [-0.3, -0.25) is 14.5 Å². The Bertz CT molecular complexity index is 1650. The highest BCUT2D eigenvalue weighted by Gasteiger charge is 2.56. The Morgan fingerprint density at radius 1 is 1.13 bits per heavy atom. The molecule has 1 aromatic heterocycles. The number of carbonyl (C=O) groups is 2. The molecular formula is C34H34ClFN4O5. The van der Waals surface area contributed by atoms with Gasteiger partial charge in [-0.05, 0) is 74.3 Å².